The van der Waals surface area contributed by atoms with Crippen molar-refractivity contribution in [2.45, 2.75) is 6.92 Å². The molecule has 7 nitrogen and oxygen atoms in total. The summed E-state index contributed by atoms with van der Waals surface area (Å²) in [7, 11) is 4.87. The second kappa shape index (κ2) is 9.43. The lowest BCUT2D eigenvalue weighted by molar-refractivity contribution is 0.208. The maximum Gasteiger partial charge on any atom is 0.322 e. The number of carbonyl (C=O) groups excluding carboxylic acids is 1. The number of carbonyl (C=O) groups is 1. The molecule has 0 aliphatic carbocycles. The number of nitrogens with zero attached hydrogens (tertiary/aromatic N) is 2. The molecule has 0 aromatic heterocycles. The van der Waals surface area contributed by atoms with E-state index in [1.165, 1.54) is 0 Å². The molecule has 1 N–H and O–H groups in total. The van der Waals surface area contributed by atoms with Gasteiger partial charge in [-0.3, -0.25) is 0 Å². The normalized spacial score (nSPS) is 13.6. The number of methoxy groups -OCH3 is 3. The van der Waals surface area contributed by atoms with Crippen LogP contribution in [0.25, 0.3) is 6.08 Å². The predicted molar refractivity (Wildman–Crippen MR) is 120 cm³/mol. The molecule has 3 rings (SSSR count). The van der Waals surface area contributed by atoms with Crippen LogP contribution in [0, 0.1) is 6.92 Å². The molecule has 2 aromatic rings. The molecule has 0 radical (unpaired) electrons. The van der Waals surface area contributed by atoms with Crippen molar-refractivity contribution in [3.8, 4) is 17.2 Å². The monoisotopic (exact) mass is 411 g/mol. The SMILES string of the molecule is C=Cc1cc(NC(=O)N2CCN(c3cc(OC)cc(OC)c3)CC2)c(OC)cc1C. The largest absolute Gasteiger partial charge is 0.497 e. The predicted octanol–water partition coefficient (Wildman–Crippen LogP) is 4.02. The third kappa shape index (κ3) is 4.62. The summed E-state index contributed by atoms with van der Waals surface area (Å²) in [5.41, 5.74) is 3.66. The summed E-state index contributed by atoms with van der Waals surface area (Å²) in [6.45, 7) is 8.46. The molecule has 2 aromatic carbocycles. The first kappa shape index (κ1) is 21.4. The van der Waals surface area contributed by atoms with Crippen LogP contribution in [0.15, 0.2) is 36.9 Å². The fraction of sp³-hybridized carbons (Fsp3) is 0.348. The summed E-state index contributed by atoms with van der Waals surface area (Å²) in [5.74, 6) is 2.12. The molecule has 0 spiro atoms. The van der Waals surface area contributed by atoms with Gasteiger partial charge in [-0.05, 0) is 30.2 Å². The second-order valence-electron chi connectivity index (χ2n) is 7.09. The Hall–Kier alpha value is -3.35. The van der Waals surface area contributed by atoms with Gasteiger partial charge in [-0.1, -0.05) is 12.7 Å². The highest BCUT2D eigenvalue weighted by molar-refractivity contribution is 5.92. The van der Waals surface area contributed by atoms with Gasteiger partial charge in [0.25, 0.3) is 0 Å². The minimum absolute atomic E-state index is 0.143. The number of amides is 2. The van der Waals surface area contributed by atoms with Crippen molar-refractivity contribution in [2.75, 3.05) is 57.7 Å². The molecule has 1 saturated heterocycles. The minimum atomic E-state index is -0.143. The van der Waals surface area contributed by atoms with E-state index >= 15 is 0 Å². The van der Waals surface area contributed by atoms with Gasteiger partial charge < -0.3 is 29.3 Å². The van der Waals surface area contributed by atoms with E-state index in [9.17, 15) is 4.79 Å². The molecular formula is C23H29N3O4. The number of hydrogen-bond acceptors (Lipinski definition) is 5. The number of nitrogens with one attached hydrogen (secondary N) is 1. The molecule has 160 valence electrons. The second-order valence-corrected chi connectivity index (χ2v) is 7.09. The Morgan fingerprint density at radius 1 is 0.967 bits per heavy atom. The summed E-state index contributed by atoms with van der Waals surface area (Å²) in [6, 6.07) is 9.45. The highest BCUT2D eigenvalue weighted by atomic mass is 16.5. The van der Waals surface area contributed by atoms with Gasteiger partial charge in [-0.25, -0.2) is 4.79 Å². The van der Waals surface area contributed by atoms with Gasteiger partial charge >= 0.3 is 6.03 Å². The van der Waals surface area contributed by atoms with Gasteiger partial charge in [0.1, 0.15) is 17.2 Å². The van der Waals surface area contributed by atoms with Crippen LogP contribution in [0.2, 0.25) is 0 Å². The van der Waals surface area contributed by atoms with Gasteiger partial charge in [0.15, 0.2) is 0 Å². The maximum atomic E-state index is 12.8. The standard InChI is InChI=1S/C23H29N3O4/c1-6-17-12-21(22(30-5)11-16(17)2)24-23(27)26-9-7-25(8-10-26)18-13-19(28-3)15-20(14-18)29-4/h6,11-15H,1,7-10H2,2-5H3,(H,24,27). The summed E-state index contributed by atoms with van der Waals surface area (Å²) < 4.78 is 16.2. The van der Waals surface area contributed by atoms with Crippen LogP contribution in [-0.2, 0) is 0 Å². The first-order valence-electron chi connectivity index (χ1n) is 9.84. The first-order valence-corrected chi connectivity index (χ1v) is 9.84. The van der Waals surface area contributed by atoms with E-state index in [0.29, 0.717) is 37.6 Å². The zero-order chi connectivity index (χ0) is 21.7. The quantitative estimate of drug-likeness (QED) is 0.778. The fourth-order valence-electron chi connectivity index (χ4n) is 3.52. The zero-order valence-electron chi connectivity index (χ0n) is 18.0. The lowest BCUT2D eigenvalue weighted by Gasteiger charge is -2.36. The average Bonchev–Trinajstić information content (AvgIpc) is 2.79. The molecule has 0 atom stereocenters. The molecular weight excluding hydrogens is 382 g/mol. The zero-order valence-corrected chi connectivity index (χ0v) is 18.0. The fourth-order valence-corrected chi connectivity index (χ4v) is 3.52. The lowest BCUT2D eigenvalue weighted by atomic mass is 10.1. The van der Waals surface area contributed by atoms with Crippen LogP contribution in [0.5, 0.6) is 17.2 Å². The van der Waals surface area contributed by atoms with Gasteiger partial charge in [-0.15, -0.1) is 0 Å². The van der Waals surface area contributed by atoms with Crippen LogP contribution in [-0.4, -0.2) is 58.4 Å². The van der Waals surface area contributed by atoms with Gasteiger partial charge in [0.05, 0.1) is 27.0 Å². The highest BCUT2D eigenvalue weighted by Crippen LogP contribution is 2.31. The number of anilines is 2. The van der Waals surface area contributed by atoms with E-state index in [1.54, 1.807) is 32.3 Å². The van der Waals surface area contributed by atoms with Crippen LogP contribution in [0.3, 0.4) is 0 Å². The number of aryl methyl sites for hydroxylation is 1. The molecule has 7 heteroatoms. The summed E-state index contributed by atoms with van der Waals surface area (Å²) >= 11 is 0. The molecule has 30 heavy (non-hydrogen) atoms. The number of ether oxygens (including phenoxy) is 3. The smallest absolute Gasteiger partial charge is 0.322 e. The Morgan fingerprint density at radius 3 is 2.13 bits per heavy atom. The van der Waals surface area contributed by atoms with E-state index in [4.69, 9.17) is 14.2 Å². The van der Waals surface area contributed by atoms with Crippen LogP contribution < -0.4 is 24.4 Å². The number of piperazine rings is 1. The van der Waals surface area contributed by atoms with Crippen molar-refractivity contribution >= 4 is 23.5 Å². The highest BCUT2D eigenvalue weighted by Gasteiger charge is 2.23. The summed E-state index contributed by atoms with van der Waals surface area (Å²) in [5, 5.41) is 2.98. The maximum absolute atomic E-state index is 12.8. The van der Waals surface area contributed by atoms with Crippen molar-refractivity contribution in [3.63, 3.8) is 0 Å². The molecule has 2 amide bonds. The van der Waals surface area contributed by atoms with Crippen LogP contribution in [0.4, 0.5) is 16.2 Å². The molecule has 1 aliphatic rings. The Labute approximate surface area is 177 Å². The van der Waals surface area contributed by atoms with Crippen molar-refractivity contribution in [1.29, 1.82) is 0 Å². The average molecular weight is 412 g/mol. The van der Waals surface area contributed by atoms with E-state index in [0.717, 1.165) is 28.3 Å². The molecule has 1 fully saturated rings. The third-order valence-corrected chi connectivity index (χ3v) is 5.32. The molecule has 0 bridgehead atoms. The topological polar surface area (TPSA) is 63.3 Å². The summed E-state index contributed by atoms with van der Waals surface area (Å²) in [4.78, 5) is 16.9. The van der Waals surface area contributed by atoms with Gasteiger partial charge in [0, 0.05) is 50.1 Å². The minimum Gasteiger partial charge on any atom is -0.497 e. The Morgan fingerprint density at radius 2 is 1.60 bits per heavy atom. The van der Waals surface area contributed by atoms with Crippen molar-refractivity contribution in [3.05, 3.63) is 48.0 Å². The lowest BCUT2D eigenvalue weighted by Crippen LogP contribution is -2.50. The Kier molecular flexibility index (Phi) is 6.72. The third-order valence-electron chi connectivity index (χ3n) is 5.32. The number of urea groups is 1. The molecule has 0 unspecified atom stereocenters. The van der Waals surface area contributed by atoms with Gasteiger partial charge in [0.2, 0.25) is 0 Å². The van der Waals surface area contributed by atoms with Gasteiger partial charge in [-0.2, -0.15) is 0 Å². The van der Waals surface area contributed by atoms with Crippen LogP contribution in [0.1, 0.15) is 11.1 Å². The molecule has 1 aliphatic heterocycles. The Bertz CT molecular complexity index is 899. The van der Waals surface area contributed by atoms with E-state index < -0.39 is 0 Å². The first-order chi connectivity index (χ1) is 14.5. The number of hydrogen-bond donors (Lipinski definition) is 1. The van der Waals surface area contributed by atoms with Crippen molar-refractivity contribution in [1.82, 2.24) is 4.90 Å². The van der Waals surface area contributed by atoms with Crippen molar-refractivity contribution < 1.29 is 19.0 Å². The molecule has 0 saturated carbocycles. The molecule has 1 heterocycles. The Balaban J connectivity index is 1.67. The van der Waals surface area contributed by atoms with Crippen LogP contribution >= 0.6 is 0 Å². The van der Waals surface area contributed by atoms with Crippen molar-refractivity contribution in [2.24, 2.45) is 0 Å². The number of rotatable bonds is 6. The number of benzene rings is 2. The summed E-state index contributed by atoms with van der Waals surface area (Å²) in [6.07, 6.45) is 1.77. The van der Waals surface area contributed by atoms with E-state index in [1.807, 2.05) is 37.3 Å². The van der Waals surface area contributed by atoms with E-state index in [2.05, 4.69) is 16.8 Å². The van der Waals surface area contributed by atoms with E-state index in [-0.39, 0.29) is 6.03 Å².